The van der Waals surface area contributed by atoms with Crippen LogP contribution < -0.4 is 5.32 Å². The van der Waals surface area contributed by atoms with Crippen molar-refractivity contribution in [2.45, 2.75) is 40.2 Å². The summed E-state index contributed by atoms with van der Waals surface area (Å²) in [5, 5.41) is 3.48. The van der Waals surface area contributed by atoms with Crippen molar-refractivity contribution in [2.24, 2.45) is 11.3 Å². The third-order valence-corrected chi connectivity index (χ3v) is 2.58. The fourth-order valence-electron chi connectivity index (χ4n) is 1.60. The predicted octanol–water partition coefficient (Wildman–Crippen LogP) is 2.03. The molecule has 1 saturated heterocycles. The highest BCUT2D eigenvalue weighted by Crippen LogP contribution is 2.32. The molecule has 1 fully saturated rings. The summed E-state index contributed by atoms with van der Waals surface area (Å²) in [6.45, 7) is 10.5. The van der Waals surface area contributed by atoms with Gasteiger partial charge >= 0.3 is 0 Å². The van der Waals surface area contributed by atoms with Crippen LogP contribution in [0.1, 0.15) is 34.1 Å². The van der Waals surface area contributed by atoms with Crippen molar-refractivity contribution in [1.29, 1.82) is 0 Å². The van der Waals surface area contributed by atoms with Crippen molar-refractivity contribution in [1.82, 2.24) is 5.32 Å². The Morgan fingerprint density at radius 1 is 1.30 bits per heavy atom. The molecule has 1 aliphatic heterocycles. The van der Waals surface area contributed by atoms with Crippen LogP contribution in [0, 0.1) is 11.3 Å². The summed E-state index contributed by atoms with van der Waals surface area (Å²) in [7, 11) is 0. The summed E-state index contributed by atoms with van der Waals surface area (Å²) in [6, 6.07) is 0.740. The van der Waals surface area contributed by atoms with Crippen molar-refractivity contribution >= 4 is 0 Å². The molecule has 2 atom stereocenters. The molecule has 1 N–H and O–H groups in total. The van der Waals surface area contributed by atoms with Gasteiger partial charge in [0.2, 0.25) is 0 Å². The van der Waals surface area contributed by atoms with Crippen molar-refractivity contribution in [3.05, 3.63) is 0 Å². The van der Waals surface area contributed by atoms with Gasteiger partial charge in [-0.15, -0.1) is 0 Å². The lowest BCUT2D eigenvalue weighted by Gasteiger charge is -2.25. The summed E-state index contributed by atoms with van der Waals surface area (Å²) < 4.78 is 0. The van der Waals surface area contributed by atoms with E-state index in [1.54, 1.807) is 0 Å². The van der Waals surface area contributed by atoms with Gasteiger partial charge < -0.3 is 5.32 Å². The Morgan fingerprint density at radius 2 is 1.90 bits per heavy atom. The zero-order valence-corrected chi connectivity index (χ0v) is 7.57. The van der Waals surface area contributed by atoms with E-state index >= 15 is 0 Å². The zero-order chi connectivity index (χ0) is 7.78. The molecule has 0 aromatic heterocycles. The Labute approximate surface area is 64.2 Å². The second kappa shape index (κ2) is 2.54. The minimum absolute atomic E-state index is 0.498. The van der Waals surface area contributed by atoms with Gasteiger partial charge in [0.1, 0.15) is 0 Å². The Morgan fingerprint density at radius 3 is 2.10 bits per heavy atom. The number of hydrogen-bond acceptors (Lipinski definition) is 1. The third kappa shape index (κ3) is 1.72. The van der Waals surface area contributed by atoms with Gasteiger partial charge in [0.15, 0.2) is 0 Å². The fourth-order valence-corrected chi connectivity index (χ4v) is 1.60. The highest BCUT2D eigenvalue weighted by molar-refractivity contribution is 4.85. The van der Waals surface area contributed by atoms with Crippen LogP contribution in [0.5, 0.6) is 0 Å². The normalized spacial score (nSPS) is 34.8. The van der Waals surface area contributed by atoms with Crippen molar-refractivity contribution < 1.29 is 0 Å². The third-order valence-electron chi connectivity index (χ3n) is 2.58. The molecular formula is C9H19N. The highest BCUT2D eigenvalue weighted by atomic mass is 14.9. The number of nitrogens with one attached hydrogen (secondary N) is 1. The standard InChI is InChI=1S/C9H19N/c1-7-5-8(6-10-7)9(2,3)4/h7-8,10H,5-6H2,1-4H3/t7-,8?/m1/s1. The highest BCUT2D eigenvalue weighted by Gasteiger charge is 2.30. The van der Waals surface area contributed by atoms with E-state index in [-0.39, 0.29) is 0 Å². The monoisotopic (exact) mass is 141 g/mol. The molecule has 1 heterocycles. The van der Waals surface area contributed by atoms with E-state index < -0.39 is 0 Å². The Balaban J connectivity index is 2.45. The van der Waals surface area contributed by atoms with Crippen LogP contribution in [0.4, 0.5) is 0 Å². The van der Waals surface area contributed by atoms with E-state index in [1.807, 2.05) is 0 Å². The Kier molecular flexibility index (Phi) is 2.04. The molecule has 1 rings (SSSR count). The van der Waals surface area contributed by atoms with Crippen LogP contribution >= 0.6 is 0 Å². The lowest BCUT2D eigenvalue weighted by molar-refractivity contribution is 0.258. The average molecular weight is 141 g/mol. The van der Waals surface area contributed by atoms with Crippen molar-refractivity contribution in [3.8, 4) is 0 Å². The quantitative estimate of drug-likeness (QED) is 0.544. The minimum Gasteiger partial charge on any atom is -0.314 e. The van der Waals surface area contributed by atoms with Crippen LogP contribution in [0.25, 0.3) is 0 Å². The van der Waals surface area contributed by atoms with Crippen LogP contribution in [0.2, 0.25) is 0 Å². The molecule has 0 saturated carbocycles. The first-order chi connectivity index (χ1) is 4.50. The SMILES string of the molecule is C[C@@H]1CC(C(C)(C)C)CN1. The van der Waals surface area contributed by atoms with E-state index in [1.165, 1.54) is 13.0 Å². The largest absolute Gasteiger partial charge is 0.314 e. The molecule has 60 valence electrons. The van der Waals surface area contributed by atoms with E-state index in [4.69, 9.17) is 0 Å². The molecule has 0 amide bonds. The first-order valence-corrected chi connectivity index (χ1v) is 4.23. The fraction of sp³-hybridized carbons (Fsp3) is 1.00. The maximum absolute atomic E-state index is 3.48. The summed E-state index contributed by atoms with van der Waals surface area (Å²) >= 11 is 0. The molecule has 0 aromatic rings. The topological polar surface area (TPSA) is 12.0 Å². The predicted molar refractivity (Wildman–Crippen MR) is 45.0 cm³/mol. The van der Waals surface area contributed by atoms with Gasteiger partial charge in [-0.25, -0.2) is 0 Å². The van der Waals surface area contributed by atoms with Crippen molar-refractivity contribution in [3.63, 3.8) is 0 Å². The van der Waals surface area contributed by atoms with Gasteiger partial charge in [0, 0.05) is 6.04 Å². The Hall–Kier alpha value is -0.0400. The summed E-state index contributed by atoms with van der Waals surface area (Å²) in [4.78, 5) is 0. The van der Waals surface area contributed by atoms with E-state index in [0.29, 0.717) is 5.41 Å². The summed E-state index contributed by atoms with van der Waals surface area (Å²) in [5.74, 6) is 0.877. The van der Waals surface area contributed by atoms with Gasteiger partial charge in [-0.2, -0.15) is 0 Å². The molecule has 1 unspecified atom stereocenters. The Bertz CT molecular complexity index is 112. The van der Waals surface area contributed by atoms with Gasteiger partial charge in [-0.05, 0) is 31.2 Å². The number of hydrogen-bond donors (Lipinski definition) is 1. The molecule has 0 spiro atoms. The minimum atomic E-state index is 0.498. The first kappa shape index (κ1) is 8.06. The van der Waals surface area contributed by atoms with E-state index in [9.17, 15) is 0 Å². The van der Waals surface area contributed by atoms with E-state index in [0.717, 1.165) is 12.0 Å². The van der Waals surface area contributed by atoms with Gasteiger partial charge in [0.05, 0.1) is 0 Å². The van der Waals surface area contributed by atoms with Crippen LogP contribution in [-0.4, -0.2) is 12.6 Å². The lowest BCUT2D eigenvalue weighted by Crippen LogP contribution is -2.22. The molecule has 0 radical (unpaired) electrons. The first-order valence-electron chi connectivity index (χ1n) is 4.23. The van der Waals surface area contributed by atoms with E-state index in [2.05, 4.69) is 33.0 Å². The van der Waals surface area contributed by atoms with Crippen LogP contribution in [0.15, 0.2) is 0 Å². The average Bonchev–Trinajstić information content (AvgIpc) is 2.11. The van der Waals surface area contributed by atoms with Gasteiger partial charge in [-0.3, -0.25) is 0 Å². The lowest BCUT2D eigenvalue weighted by atomic mass is 9.79. The maximum atomic E-state index is 3.48. The maximum Gasteiger partial charge on any atom is 0.00421 e. The number of rotatable bonds is 0. The van der Waals surface area contributed by atoms with Gasteiger partial charge in [0.25, 0.3) is 0 Å². The molecule has 10 heavy (non-hydrogen) atoms. The molecule has 0 aliphatic carbocycles. The molecule has 1 aliphatic rings. The van der Waals surface area contributed by atoms with Crippen molar-refractivity contribution in [2.75, 3.05) is 6.54 Å². The summed E-state index contributed by atoms with van der Waals surface area (Å²) in [6.07, 6.45) is 1.35. The van der Waals surface area contributed by atoms with Crippen LogP contribution in [-0.2, 0) is 0 Å². The molecule has 1 heteroatoms. The molecule has 0 aromatic carbocycles. The second-order valence-corrected chi connectivity index (χ2v) is 4.61. The summed E-state index contributed by atoms with van der Waals surface area (Å²) in [5.41, 5.74) is 0.498. The van der Waals surface area contributed by atoms with Gasteiger partial charge in [-0.1, -0.05) is 20.8 Å². The molecule has 1 nitrogen and oxygen atoms in total. The van der Waals surface area contributed by atoms with Crippen LogP contribution in [0.3, 0.4) is 0 Å². The molecule has 0 bridgehead atoms. The smallest absolute Gasteiger partial charge is 0.00421 e. The molecular weight excluding hydrogens is 122 g/mol. The second-order valence-electron chi connectivity index (χ2n) is 4.61. The zero-order valence-electron chi connectivity index (χ0n) is 7.57.